The van der Waals surface area contributed by atoms with Crippen LogP contribution in [0.5, 0.6) is 0 Å². The number of nitrogens with one attached hydrogen (secondary N) is 1. The first-order valence-corrected chi connectivity index (χ1v) is 9.53. The van der Waals surface area contributed by atoms with E-state index in [1.807, 2.05) is 48.5 Å². The van der Waals surface area contributed by atoms with Gasteiger partial charge in [-0.3, -0.25) is 9.89 Å². The molecule has 0 unspecified atom stereocenters. The van der Waals surface area contributed by atoms with Crippen molar-refractivity contribution in [3.05, 3.63) is 118 Å². The monoisotopic (exact) mass is 421 g/mol. The van der Waals surface area contributed by atoms with Gasteiger partial charge in [-0.05, 0) is 43.3 Å². The maximum absolute atomic E-state index is 13.3. The van der Waals surface area contributed by atoms with Crippen LogP contribution in [0.1, 0.15) is 22.4 Å². The Labute approximate surface area is 176 Å². The van der Waals surface area contributed by atoms with Gasteiger partial charge >= 0.3 is 6.18 Å². The number of hydrogen-bond donors (Lipinski definition) is 1. The van der Waals surface area contributed by atoms with Gasteiger partial charge in [0, 0.05) is 11.3 Å². The zero-order chi connectivity index (χ0) is 22.0. The zero-order valence-electron chi connectivity index (χ0n) is 16.5. The van der Waals surface area contributed by atoms with Crippen molar-refractivity contribution in [2.24, 2.45) is 4.99 Å². The highest BCUT2D eigenvalue weighted by atomic mass is 19.4. The fourth-order valence-electron chi connectivity index (χ4n) is 3.30. The topological polar surface area (TPSA) is 50.1 Å². The van der Waals surface area contributed by atoms with E-state index >= 15 is 0 Å². The summed E-state index contributed by atoms with van der Waals surface area (Å²) < 4.78 is 40.1. The van der Waals surface area contributed by atoms with Gasteiger partial charge in [0.25, 0.3) is 5.56 Å². The summed E-state index contributed by atoms with van der Waals surface area (Å²) in [4.78, 5) is 17.8. The van der Waals surface area contributed by atoms with Crippen LogP contribution in [-0.4, -0.2) is 15.5 Å². The van der Waals surface area contributed by atoms with E-state index in [-0.39, 0.29) is 5.56 Å². The lowest BCUT2D eigenvalue weighted by atomic mass is 10.0. The maximum atomic E-state index is 13.3. The summed E-state index contributed by atoms with van der Waals surface area (Å²) in [6.45, 7) is 1.77. The average Bonchev–Trinajstić information content (AvgIpc) is 3.07. The number of rotatable bonds is 4. The molecule has 1 aromatic heterocycles. The van der Waals surface area contributed by atoms with Crippen LogP contribution in [0.25, 0.3) is 5.69 Å². The van der Waals surface area contributed by atoms with Gasteiger partial charge in [0.2, 0.25) is 0 Å². The molecule has 0 radical (unpaired) electrons. The Morgan fingerprint density at radius 2 is 1.45 bits per heavy atom. The highest BCUT2D eigenvalue weighted by Gasteiger charge is 2.30. The Bertz CT molecular complexity index is 1270. The van der Waals surface area contributed by atoms with Crippen LogP contribution in [0, 0.1) is 6.92 Å². The summed E-state index contributed by atoms with van der Waals surface area (Å²) in [5.74, 6) is 0. The van der Waals surface area contributed by atoms with Crippen molar-refractivity contribution in [2.75, 3.05) is 0 Å². The molecule has 31 heavy (non-hydrogen) atoms. The predicted molar refractivity (Wildman–Crippen MR) is 114 cm³/mol. The van der Waals surface area contributed by atoms with Crippen LogP contribution < -0.4 is 5.56 Å². The molecule has 0 saturated carbocycles. The van der Waals surface area contributed by atoms with E-state index in [1.165, 1.54) is 16.8 Å². The molecule has 4 rings (SSSR count). The van der Waals surface area contributed by atoms with Gasteiger partial charge in [0.05, 0.1) is 28.2 Å². The van der Waals surface area contributed by atoms with Crippen molar-refractivity contribution in [1.29, 1.82) is 0 Å². The third kappa shape index (κ3) is 4.21. The molecule has 4 aromatic rings. The van der Waals surface area contributed by atoms with Gasteiger partial charge in [-0.15, -0.1) is 0 Å². The van der Waals surface area contributed by atoms with Crippen molar-refractivity contribution in [3.8, 4) is 5.69 Å². The fraction of sp³-hybridized carbons (Fsp3) is 0.0833. The van der Waals surface area contributed by atoms with Gasteiger partial charge in [-0.1, -0.05) is 48.5 Å². The van der Waals surface area contributed by atoms with Crippen LogP contribution >= 0.6 is 0 Å². The molecule has 7 heteroatoms. The largest absolute Gasteiger partial charge is 0.416 e. The second-order valence-corrected chi connectivity index (χ2v) is 6.96. The van der Waals surface area contributed by atoms with E-state index in [0.29, 0.717) is 33.9 Å². The summed E-state index contributed by atoms with van der Waals surface area (Å²) in [6, 6.07) is 22.7. The van der Waals surface area contributed by atoms with Gasteiger partial charge in [-0.2, -0.15) is 13.2 Å². The van der Waals surface area contributed by atoms with E-state index in [1.54, 1.807) is 19.1 Å². The van der Waals surface area contributed by atoms with Crippen LogP contribution in [0.4, 0.5) is 18.9 Å². The molecule has 0 amide bonds. The number of aromatic nitrogens is 2. The number of para-hydroxylation sites is 1. The molecule has 4 nitrogen and oxygen atoms in total. The molecule has 1 N–H and O–H groups in total. The summed E-state index contributed by atoms with van der Waals surface area (Å²) in [5.41, 5.74) is 1.96. The van der Waals surface area contributed by atoms with E-state index in [2.05, 4.69) is 10.1 Å². The summed E-state index contributed by atoms with van der Waals surface area (Å²) in [5, 5.41) is 3.07. The first-order chi connectivity index (χ1) is 14.8. The van der Waals surface area contributed by atoms with Crippen molar-refractivity contribution < 1.29 is 13.2 Å². The van der Waals surface area contributed by atoms with Crippen LogP contribution in [0.2, 0.25) is 0 Å². The molecule has 0 atom stereocenters. The van der Waals surface area contributed by atoms with Gasteiger partial charge in [0.15, 0.2) is 0 Å². The zero-order valence-corrected chi connectivity index (χ0v) is 16.5. The Balaban J connectivity index is 1.87. The Hall–Kier alpha value is -3.87. The molecule has 0 saturated heterocycles. The molecule has 0 bridgehead atoms. The lowest BCUT2D eigenvalue weighted by molar-refractivity contribution is -0.137. The minimum absolute atomic E-state index is 0.293. The van der Waals surface area contributed by atoms with Crippen molar-refractivity contribution in [3.63, 3.8) is 0 Å². The quantitative estimate of drug-likeness (QED) is 0.425. The highest BCUT2D eigenvalue weighted by Crippen LogP contribution is 2.30. The lowest BCUT2D eigenvalue weighted by Gasteiger charge is -2.08. The smallest absolute Gasteiger partial charge is 0.295 e. The number of hydrogen-bond acceptors (Lipinski definition) is 2. The fourth-order valence-corrected chi connectivity index (χ4v) is 3.30. The molecule has 0 spiro atoms. The molecule has 0 aliphatic heterocycles. The first kappa shape index (κ1) is 20.4. The summed E-state index contributed by atoms with van der Waals surface area (Å²) >= 11 is 0. The molecule has 3 aromatic carbocycles. The number of benzene rings is 3. The lowest BCUT2D eigenvalue weighted by Crippen LogP contribution is -2.21. The number of aromatic amines is 1. The SMILES string of the molecule is Cc1[nH]n(-c2ccccc2)c(=O)c1C(=Nc1ccc(C(F)(F)F)cc1)c1ccccc1. The van der Waals surface area contributed by atoms with Gasteiger partial charge in [0.1, 0.15) is 0 Å². The van der Waals surface area contributed by atoms with Crippen LogP contribution in [-0.2, 0) is 6.18 Å². The summed E-state index contributed by atoms with van der Waals surface area (Å²) in [6.07, 6.45) is -4.43. The second kappa shape index (κ2) is 8.10. The molecular weight excluding hydrogens is 403 g/mol. The molecule has 1 heterocycles. The number of aryl methyl sites for hydroxylation is 1. The normalized spacial score (nSPS) is 12.2. The number of aliphatic imine (C=N–C) groups is 1. The predicted octanol–water partition coefficient (Wildman–Crippen LogP) is 5.66. The first-order valence-electron chi connectivity index (χ1n) is 9.53. The van der Waals surface area contributed by atoms with Crippen LogP contribution in [0.3, 0.4) is 0 Å². The minimum Gasteiger partial charge on any atom is -0.295 e. The third-order valence-electron chi connectivity index (χ3n) is 4.81. The molecule has 0 aliphatic carbocycles. The molecule has 156 valence electrons. The molecular formula is C24H18F3N3O. The number of alkyl halides is 3. The van der Waals surface area contributed by atoms with E-state index < -0.39 is 11.7 Å². The van der Waals surface area contributed by atoms with Crippen molar-refractivity contribution in [1.82, 2.24) is 9.78 Å². The van der Waals surface area contributed by atoms with Gasteiger partial charge < -0.3 is 0 Å². The van der Waals surface area contributed by atoms with Crippen molar-refractivity contribution >= 4 is 11.4 Å². The number of nitrogens with zero attached hydrogens (tertiary/aromatic N) is 2. The highest BCUT2D eigenvalue weighted by molar-refractivity contribution is 6.14. The summed E-state index contributed by atoms with van der Waals surface area (Å²) in [7, 11) is 0. The molecule has 0 fully saturated rings. The average molecular weight is 421 g/mol. The van der Waals surface area contributed by atoms with E-state index in [9.17, 15) is 18.0 Å². The number of H-pyrrole nitrogens is 1. The van der Waals surface area contributed by atoms with Crippen LogP contribution in [0.15, 0.2) is 94.7 Å². The van der Waals surface area contributed by atoms with Gasteiger partial charge in [-0.25, -0.2) is 9.67 Å². The van der Waals surface area contributed by atoms with Crippen molar-refractivity contribution in [2.45, 2.75) is 13.1 Å². The Morgan fingerprint density at radius 3 is 2.03 bits per heavy atom. The number of halogens is 3. The van der Waals surface area contributed by atoms with E-state index in [0.717, 1.165) is 12.1 Å². The Kier molecular flexibility index (Phi) is 5.33. The molecule has 0 aliphatic rings. The maximum Gasteiger partial charge on any atom is 0.416 e. The Morgan fingerprint density at radius 1 is 0.871 bits per heavy atom. The second-order valence-electron chi connectivity index (χ2n) is 6.96. The standard InChI is InChI=1S/C24H18F3N3O/c1-16-21(23(31)30(29-16)20-10-6-3-7-11-20)22(17-8-4-2-5-9-17)28-19-14-12-18(13-15-19)24(25,26)27/h2-15,29H,1H3. The van der Waals surface area contributed by atoms with E-state index in [4.69, 9.17) is 0 Å². The third-order valence-corrected chi connectivity index (χ3v) is 4.81. The minimum atomic E-state index is -4.43.